The van der Waals surface area contributed by atoms with Crippen molar-refractivity contribution in [2.45, 2.75) is 30.6 Å². The Morgan fingerprint density at radius 1 is 1.79 bits per heavy atom. The van der Waals surface area contributed by atoms with Crippen LogP contribution in [0.2, 0.25) is 0 Å². The van der Waals surface area contributed by atoms with E-state index in [-0.39, 0.29) is 5.97 Å². The van der Waals surface area contributed by atoms with Crippen LogP contribution in [0.4, 0.5) is 0 Å². The fourth-order valence-electron chi connectivity index (χ4n) is 1.40. The molecule has 1 fully saturated rings. The zero-order chi connectivity index (χ0) is 10.6. The van der Waals surface area contributed by atoms with Crippen LogP contribution < -0.4 is 5.32 Å². The molecule has 0 aromatic carbocycles. The number of esters is 1. The maximum atomic E-state index is 11.4. The predicted molar refractivity (Wildman–Crippen MR) is 58.2 cm³/mol. The van der Waals surface area contributed by atoms with Crippen molar-refractivity contribution in [2.24, 2.45) is 0 Å². The largest absolute Gasteiger partial charge is 0.444 e. The summed E-state index contributed by atoms with van der Waals surface area (Å²) in [5.74, 6) is 2.21. The highest BCUT2D eigenvalue weighted by Crippen LogP contribution is 2.21. The Balaban J connectivity index is 2.62. The molecule has 0 aliphatic carbocycles. The van der Waals surface area contributed by atoms with Gasteiger partial charge >= 0.3 is 5.97 Å². The number of piperidine rings is 1. The molecule has 2 atom stereocenters. The van der Waals surface area contributed by atoms with Gasteiger partial charge in [-0.05, 0) is 19.9 Å². The van der Waals surface area contributed by atoms with Gasteiger partial charge in [-0.25, -0.2) is 0 Å². The molecule has 0 saturated carbocycles. The summed E-state index contributed by atoms with van der Waals surface area (Å²) in [6.45, 7) is 3.14. The van der Waals surface area contributed by atoms with Gasteiger partial charge in [0.2, 0.25) is 0 Å². The van der Waals surface area contributed by atoms with Gasteiger partial charge in [-0.15, -0.1) is 6.42 Å². The number of carbonyl (C=O) groups excluding carboxylic acids is 1. The number of nitrogens with one attached hydrogen (secondary N) is 1. The smallest absolute Gasteiger partial charge is 0.320 e. The maximum absolute atomic E-state index is 11.4. The third-order valence-electron chi connectivity index (χ3n) is 2.24. The second-order valence-corrected chi connectivity index (χ2v) is 4.29. The molecule has 78 valence electrons. The molecule has 1 aliphatic heterocycles. The Morgan fingerprint density at radius 2 is 2.50 bits per heavy atom. The summed E-state index contributed by atoms with van der Waals surface area (Å²) in [5, 5.41) is 2.70. The normalized spacial score (nSPS) is 28.9. The van der Waals surface area contributed by atoms with Crippen molar-refractivity contribution in [3.63, 3.8) is 0 Å². The van der Waals surface area contributed by atoms with Gasteiger partial charge < -0.3 is 10.1 Å². The fourth-order valence-corrected chi connectivity index (χ4v) is 1.45. The molecule has 1 rings (SSSR count). The lowest BCUT2D eigenvalue weighted by Gasteiger charge is -2.32. The molecule has 1 aliphatic rings. The van der Waals surface area contributed by atoms with E-state index in [2.05, 4.69) is 23.9 Å². The summed E-state index contributed by atoms with van der Waals surface area (Å²) >= 11 is 4.01. The first kappa shape index (κ1) is 11.4. The van der Waals surface area contributed by atoms with Crippen LogP contribution in [0, 0.1) is 12.3 Å². The van der Waals surface area contributed by atoms with E-state index in [0.29, 0.717) is 6.54 Å². The van der Waals surface area contributed by atoms with E-state index in [1.807, 2.05) is 0 Å². The number of rotatable bonds is 2. The summed E-state index contributed by atoms with van der Waals surface area (Å²) < 4.78 is 5.28. The Hall–Kier alpha value is -0.660. The van der Waals surface area contributed by atoms with Crippen molar-refractivity contribution < 1.29 is 9.53 Å². The molecule has 0 amide bonds. The Morgan fingerprint density at radius 3 is 2.93 bits per heavy atom. The van der Waals surface area contributed by atoms with Gasteiger partial charge in [-0.2, -0.15) is 12.6 Å². The topological polar surface area (TPSA) is 38.3 Å². The van der Waals surface area contributed by atoms with Gasteiger partial charge in [-0.1, -0.05) is 5.92 Å². The van der Waals surface area contributed by atoms with Gasteiger partial charge in [0.05, 0.1) is 5.25 Å². The van der Waals surface area contributed by atoms with E-state index in [4.69, 9.17) is 11.2 Å². The van der Waals surface area contributed by atoms with Crippen LogP contribution in [0.25, 0.3) is 0 Å². The van der Waals surface area contributed by atoms with E-state index < -0.39 is 10.9 Å². The minimum Gasteiger partial charge on any atom is -0.444 e. The molecule has 0 aromatic heterocycles. The first-order valence-corrected chi connectivity index (χ1v) is 5.21. The van der Waals surface area contributed by atoms with Crippen LogP contribution in [0.3, 0.4) is 0 Å². The zero-order valence-electron chi connectivity index (χ0n) is 8.25. The summed E-state index contributed by atoms with van der Waals surface area (Å²) in [4.78, 5) is 11.4. The standard InChI is InChI=1S/C10H15NO2S/c1-3-10(5-4-6-11-7-10)13-9(12)8(2)14/h1,8,11,14H,4-7H2,2H3. The lowest BCUT2D eigenvalue weighted by Crippen LogP contribution is -2.48. The molecule has 1 heterocycles. The average Bonchev–Trinajstić information content (AvgIpc) is 2.19. The first-order valence-electron chi connectivity index (χ1n) is 4.69. The first-order chi connectivity index (χ1) is 6.59. The Labute approximate surface area is 90.0 Å². The van der Waals surface area contributed by atoms with Gasteiger partial charge in [0.1, 0.15) is 0 Å². The molecule has 14 heavy (non-hydrogen) atoms. The quantitative estimate of drug-likeness (QED) is 0.401. The van der Waals surface area contributed by atoms with Crippen LogP contribution >= 0.6 is 12.6 Å². The van der Waals surface area contributed by atoms with Crippen molar-refractivity contribution in [1.82, 2.24) is 5.32 Å². The third-order valence-corrected chi connectivity index (χ3v) is 2.46. The average molecular weight is 213 g/mol. The van der Waals surface area contributed by atoms with Crippen LogP contribution in [-0.4, -0.2) is 29.9 Å². The van der Waals surface area contributed by atoms with Gasteiger partial charge in [-0.3, -0.25) is 4.79 Å². The number of thiol groups is 1. The summed E-state index contributed by atoms with van der Waals surface area (Å²) in [6, 6.07) is 0. The second-order valence-electron chi connectivity index (χ2n) is 3.52. The molecule has 0 spiro atoms. The van der Waals surface area contributed by atoms with Crippen molar-refractivity contribution >= 4 is 18.6 Å². The van der Waals surface area contributed by atoms with E-state index in [1.54, 1.807) is 6.92 Å². The van der Waals surface area contributed by atoms with Crippen molar-refractivity contribution in [3.8, 4) is 12.3 Å². The van der Waals surface area contributed by atoms with Crippen LogP contribution in [-0.2, 0) is 9.53 Å². The summed E-state index contributed by atoms with van der Waals surface area (Å²) in [7, 11) is 0. The number of hydrogen-bond acceptors (Lipinski definition) is 4. The zero-order valence-corrected chi connectivity index (χ0v) is 9.14. The number of terminal acetylenes is 1. The monoisotopic (exact) mass is 213 g/mol. The van der Waals surface area contributed by atoms with Crippen molar-refractivity contribution in [2.75, 3.05) is 13.1 Å². The van der Waals surface area contributed by atoms with E-state index in [9.17, 15) is 4.79 Å². The number of carbonyl (C=O) groups is 1. The molecule has 0 radical (unpaired) electrons. The Kier molecular flexibility index (Phi) is 3.85. The molecular weight excluding hydrogens is 198 g/mol. The maximum Gasteiger partial charge on any atom is 0.320 e. The summed E-state index contributed by atoms with van der Waals surface area (Å²) in [6.07, 6.45) is 7.05. The summed E-state index contributed by atoms with van der Waals surface area (Å²) in [5.41, 5.74) is -0.758. The molecule has 3 nitrogen and oxygen atoms in total. The van der Waals surface area contributed by atoms with Crippen LogP contribution in [0.5, 0.6) is 0 Å². The fraction of sp³-hybridized carbons (Fsp3) is 0.700. The number of ether oxygens (including phenoxy) is 1. The predicted octanol–water partition coefficient (Wildman–Crippen LogP) is 0.603. The molecule has 1 N–H and O–H groups in total. The van der Waals surface area contributed by atoms with Crippen molar-refractivity contribution in [3.05, 3.63) is 0 Å². The molecule has 1 saturated heterocycles. The van der Waals surface area contributed by atoms with E-state index >= 15 is 0 Å². The molecule has 0 bridgehead atoms. The second kappa shape index (κ2) is 4.72. The molecule has 0 aromatic rings. The highest BCUT2D eigenvalue weighted by Gasteiger charge is 2.34. The molecular formula is C10H15NO2S. The lowest BCUT2D eigenvalue weighted by atomic mass is 9.95. The molecule has 4 heteroatoms. The van der Waals surface area contributed by atoms with E-state index in [1.165, 1.54) is 0 Å². The Bertz CT molecular complexity index is 251. The highest BCUT2D eigenvalue weighted by molar-refractivity contribution is 7.81. The molecule has 2 unspecified atom stereocenters. The third kappa shape index (κ3) is 2.66. The van der Waals surface area contributed by atoms with Crippen LogP contribution in [0.1, 0.15) is 19.8 Å². The van der Waals surface area contributed by atoms with Crippen LogP contribution in [0.15, 0.2) is 0 Å². The lowest BCUT2D eigenvalue weighted by molar-refractivity contribution is -0.154. The van der Waals surface area contributed by atoms with Gasteiger partial charge in [0.25, 0.3) is 0 Å². The highest BCUT2D eigenvalue weighted by atomic mass is 32.1. The SMILES string of the molecule is C#CC1(OC(=O)C(C)S)CCCNC1. The minimum atomic E-state index is -0.758. The number of hydrogen-bond donors (Lipinski definition) is 2. The minimum absolute atomic E-state index is 0.352. The van der Waals surface area contributed by atoms with Gasteiger partial charge in [0, 0.05) is 13.0 Å². The van der Waals surface area contributed by atoms with Gasteiger partial charge in [0.15, 0.2) is 5.60 Å². The van der Waals surface area contributed by atoms with E-state index in [0.717, 1.165) is 19.4 Å². The van der Waals surface area contributed by atoms with Crippen molar-refractivity contribution in [1.29, 1.82) is 0 Å².